The Morgan fingerprint density at radius 1 is 1.06 bits per heavy atom. The molecular weight excluding hydrogens is 700 g/mol. The number of benzene rings is 1. The van der Waals surface area contributed by atoms with Crippen molar-refractivity contribution in [1.29, 1.82) is 0 Å². The molecule has 0 unspecified atom stereocenters. The molecule has 0 saturated carbocycles. The number of aryl methyl sites for hydroxylation is 1. The number of amides is 2. The van der Waals surface area contributed by atoms with Gasteiger partial charge in [-0.15, -0.1) is 5.10 Å². The molecule has 1 saturated heterocycles. The Morgan fingerprint density at radius 3 is 2.46 bits per heavy atom. The van der Waals surface area contributed by atoms with Gasteiger partial charge in [0, 0.05) is 35.5 Å². The zero-order chi connectivity index (χ0) is 35.4. The van der Waals surface area contributed by atoms with E-state index >= 15 is 0 Å². The molecule has 5 heterocycles. The van der Waals surface area contributed by atoms with E-state index in [2.05, 4.69) is 20.4 Å². The highest BCUT2D eigenvalue weighted by atomic mass is 35.5. The molecule has 17 heteroatoms. The summed E-state index contributed by atoms with van der Waals surface area (Å²) in [5.74, 6) is -0.362. The van der Waals surface area contributed by atoms with E-state index in [1.165, 1.54) is 10.8 Å². The summed E-state index contributed by atoms with van der Waals surface area (Å²) in [5.41, 5.74) is 0.785. The summed E-state index contributed by atoms with van der Waals surface area (Å²) in [4.78, 5) is 56.1. The van der Waals surface area contributed by atoms with E-state index in [4.69, 9.17) is 32.9 Å². The first-order valence-electron chi connectivity index (χ1n) is 16.1. The number of ether oxygens (including phenoxy) is 1. The maximum absolute atomic E-state index is 14.4. The molecule has 0 radical (unpaired) electrons. The van der Waals surface area contributed by atoms with Gasteiger partial charge in [0.25, 0.3) is 11.5 Å². The number of hydrogen-bond donors (Lipinski definition) is 1. The smallest absolute Gasteiger partial charge is 0.377 e. The number of carbonyl (C=O) groups is 2. The van der Waals surface area contributed by atoms with E-state index in [1.807, 2.05) is 6.08 Å². The van der Waals surface area contributed by atoms with Crippen molar-refractivity contribution in [1.82, 2.24) is 34.0 Å². The van der Waals surface area contributed by atoms with Crippen LogP contribution in [-0.4, -0.2) is 72.2 Å². The van der Waals surface area contributed by atoms with Crippen LogP contribution in [0.1, 0.15) is 70.9 Å². The highest BCUT2D eigenvalue weighted by molar-refractivity contribution is 6.39. The summed E-state index contributed by atoms with van der Waals surface area (Å²) < 4.78 is 48.3. The lowest BCUT2D eigenvalue weighted by Gasteiger charge is -2.45. The summed E-state index contributed by atoms with van der Waals surface area (Å²) in [5, 5.41) is 6.42. The molecule has 1 spiro atoms. The fourth-order valence-corrected chi connectivity index (χ4v) is 7.78. The number of alkyl halides is 3. The van der Waals surface area contributed by atoms with Crippen LogP contribution in [-0.2, 0) is 34.1 Å². The molecule has 3 aromatic heterocycles. The highest BCUT2D eigenvalue weighted by Gasteiger charge is 2.44. The molecule has 3 aliphatic rings. The number of rotatable bonds is 5. The van der Waals surface area contributed by atoms with Crippen LogP contribution in [0.25, 0.3) is 11.4 Å². The first-order chi connectivity index (χ1) is 23.8. The first-order valence-corrected chi connectivity index (χ1v) is 16.8. The Kier molecular flexibility index (Phi) is 8.93. The van der Waals surface area contributed by atoms with Crippen molar-refractivity contribution in [2.45, 2.75) is 63.6 Å². The van der Waals surface area contributed by atoms with Gasteiger partial charge in [0.05, 0.1) is 34.5 Å². The molecule has 1 fully saturated rings. The normalized spacial score (nSPS) is 17.5. The van der Waals surface area contributed by atoms with Crippen LogP contribution >= 0.6 is 23.2 Å². The van der Waals surface area contributed by atoms with Crippen LogP contribution < -0.4 is 10.9 Å². The fourth-order valence-electron chi connectivity index (χ4n) is 7.19. The number of carbonyl (C=O) groups excluding carboxylic acids is 2. The standard InChI is InChI=1S/C33H31Cl2F3N8O4/c1-18-13-23(40-17-39-18)29(48)44-9-7-32(8-10-44)6-2-3-24-26(32)30(49)46-31(42-28(43-46)19-4-11-50-12-5-19)45(24)16-25(47)41-27-21(34)14-20(15-22(27)35)33(36,37)38/h4,13-15,17H,2-3,5-12,16H2,1H3,(H,41,47). The van der Waals surface area contributed by atoms with E-state index in [9.17, 15) is 27.6 Å². The SMILES string of the molecule is Cc1cc(C(=O)N2CCC3(CCCc4c3c(=O)n3nc(C5=CCOCC5)nc3n4CC(=O)Nc3c(Cl)cc(C(F)(F)F)cc3Cl)CC2)ncn1. The molecule has 0 bridgehead atoms. The summed E-state index contributed by atoms with van der Waals surface area (Å²) in [6, 6.07) is 3.04. The predicted octanol–water partition coefficient (Wildman–Crippen LogP) is 5.27. The topological polar surface area (TPSA) is 137 Å². The average molecular weight is 732 g/mol. The van der Waals surface area contributed by atoms with Crippen LogP contribution in [0, 0.1) is 6.92 Å². The van der Waals surface area contributed by atoms with Crippen LogP contribution in [0.4, 0.5) is 18.9 Å². The minimum absolute atomic E-state index is 0.153. The molecular formula is C33H31Cl2F3N8O4. The van der Waals surface area contributed by atoms with Crippen molar-refractivity contribution in [3.8, 4) is 0 Å². The van der Waals surface area contributed by atoms with Crippen LogP contribution in [0.2, 0.25) is 10.0 Å². The van der Waals surface area contributed by atoms with Crippen molar-refractivity contribution in [2.24, 2.45) is 0 Å². The van der Waals surface area contributed by atoms with Crippen molar-refractivity contribution in [3.05, 3.63) is 85.0 Å². The monoisotopic (exact) mass is 730 g/mol. The van der Waals surface area contributed by atoms with E-state index in [-0.39, 0.29) is 39.5 Å². The number of hydrogen-bond acceptors (Lipinski definition) is 8. The van der Waals surface area contributed by atoms with Gasteiger partial charge in [-0.25, -0.2) is 9.97 Å². The number of anilines is 1. The molecule has 1 aliphatic carbocycles. The Balaban J connectivity index is 1.27. The third-order valence-electron chi connectivity index (χ3n) is 9.67. The third kappa shape index (κ3) is 6.26. The molecule has 4 aromatic rings. The number of fused-ring (bicyclic) bond motifs is 3. The number of nitrogens with zero attached hydrogens (tertiary/aromatic N) is 7. The van der Waals surface area contributed by atoms with Gasteiger partial charge in [0.1, 0.15) is 18.6 Å². The van der Waals surface area contributed by atoms with E-state index in [1.54, 1.807) is 22.5 Å². The predicted molar refractivity (Wildman–Crippen MR) is 177 cm³/mol. The molecule has 50 heavy (non-hydrogen) atoms. The van der Waals surface area contributed by atoms with Crippen molar-refractivity contribution < 1.29 is 27.5 Å². The Labute approximate surface area is 293 Å². The molecule has 12 nitrogen and oxygen atoms in total. The van der Waals surface area contributed by atoms with Gasteiger partial charge in [-0.2, -0.15) is 22.7 Å². The van der Waals surface area contributed by atoms with E-state index < -0.39 is 23.1 Å². The maximum atomic E-state index is 14.4. The first kappa shape index (κ1) is 34.1. The van der Waals surface area contributed by atoms with Crippen molar-refractivity contribution in [3.63, 3.8) is 0 Å². The lowest BCUT2D eigenvalue weighted by Crippen LogP contribution is -2.50. The zero-order valence-corrected chi connectivity index (χ0v) is 28.3. The van der Waals surface area contributed by atoms with Gasteiger partial charge < -0.3 is 19.5 Å². The van der Waals surface area contributed by atoms with Crippen LogP contribution in [0.15, 0.2) is 35.4 Å². The summed E-state index contributed by atoms with van der Waals surface area (Å²) in [7, 11) is 0. The Bertz CT molecular complexity index is 2100. The summed E-state index contributed by atoms with van der Waals surface area (Å²) in [6.07, 6.45) is 1.95. The Morgan fingerprint density at radius 2 is 1.80 bits per heavy atom. The number of aromatic nitrogens is 6. The van der Waals surface area contributed by atoms with E-state index in [0.717, 1.165) is 5.57 Å². The number of likely N-dealkylation sites (tertiary alicyclic amines) is 1. The fraction of sp³-hybridized carbons (Fsp3) is 0.424. The van der Waals surface area contributed by atoms with Gasteiger partial charge in [0.15, 0.2) is 5.82 Å². The van der Waals surface area contributed by atoms with Crippen molar-refractivity contribution in [2.75, 3.05) is 31.6 Å². The van der Waals surface area contributed by atoms with Crippen LogP contribution in [0.3, 0.4) is 0 Å². The highest BCUT2D eigenvalue weighted by Crippen LogP contribution is 2.44. The summed E-state index contributed by atoms with van der Waals surface area (Å²) in [6.45, 7) is 3.05. The molecule has 2 aliphatic heterocycles. The quantitative estimate of drug-likeness (QED) is 0.294. The zero-order valence-electron chi connectivity index (χ0n) is 26.8. The summed E-state index contributed by atoms with van der Waals surface area (Å²) >= 11 is 12.3. The molecule has 2 amide bonds. The van der Waals surface area contributed by atoms with Gasteiger partial charge in [-0.1, -0.05) is 29.3 Å². The molecule has 262 valence electrons. The number of nitrogens with one attached hydrogen (secondary N) is 1. The van der Waals surface area contributed by atoms with Gasteiger partial charge in [-0.05, 0) is 69.2 Å². The van der Waals surface area contributed by atoms with E-state index in [0.29, 0.717) is 105 Å². The van der Waals surface area contributed by atoms with Crippen molar-refractivity contribution >= 4 is 52.1 Å². The molecule has 0 atom stereocenters. The number of piperidine rings is 1. The average Bonchev–Trinajstić information content (AvgIpc) is 3.54. The minimum atomic E-state index is -4.68. The molecule has 1 N–H and O–H groups in total. The van der Waals surface area contributed by atoms with Gasteiger partial charge in [-0.3, -0.25) is 14.4 Å². The molecule has 1 aromatic carbocycles. The third-order valence-corrected chi connectivity index (χ3v) is 10.3. The molecule has 7 rings (SSSR count). The van der Waals surface area contributed by atoms with Crippen LogP contribution in [0.5, 0.6) is 0 Å². The Hall–Kier alpha value is -4.34. The lowest BCUT2D eigenvalue weighted by atomic mass is 9.66. The number of halogens is 5. The second kappa shape index (κ2) is 13.1. The lowest BCUT2D eigenvalue weighted by molar-refractivity contribution is -0.137. The minimum Gasteiger partial charge on any atom is -0.377 e. The second-order valence-electron chi connectivity index (χ2n) is 12.7. The van der Waals surface area contributed by atoms with Gasteiger partial charge in [0.2, 0.25) is 11.7 Å². The van der Waals surface area contributed by atoms with Gasteiger partial charge >= 0.3 is 6.18 Å². The largest absolute Gasteiger partial charge is 0.416 e. The maximum Gasteiger partial charge on any atom is 0.416 e. The second-order valence-corrected chi connectivity index (χ2v) is 13.6.